The van der Waals surface area contributed by atoms with E-state index >= 15 is 0 Å². The smallest absolute Gasteiger partial charge is 0.0409 e. The van der Waals surface area contributed by atoms with Crippen molar-refractivity contribution in [3.8, 4) is 0 Å². The molecule has 0 bridgehead atoms. The van der Waals surface area contributed by atoms with Gasteiger partial charge in [-0.25, -0.2) is 0 Å². The summed E-state index contributed by atoms with van der Waals surface area (Å²) in [7, 11) is 2.13. The number of nitrogens with two attached hydrogens (primary N) is 1. The van der Waals surface area contributed by atoms with E-state index in [1.165, 1.54) is 5.56 Å². The van der Waals surface area contributed by atoms with Gasteiger partial charge in [0, 0.05) is 17.1 Å². The van der Waals surface area contributed by atoms with Crippen LogP contribution < -0.4 is 5.73 Å². The third kappa shape index (κ3) is 6.67. The quantitative estimate of drug-likeness (QED) is 0.844. The van der Waals surface area contributed by atoms with Crippen molar-refractivity contribution < 1.29 is 0 Å². The zero-order valence-electron chi connectivity index (χ0n) is 11.0. The third-order valence-corrected chi connectivity index (χ3v) is 2.94. The molecular formula is C14H23ClN2. The van der Waals surface area contributed by atoms with Crippen molar-refractivity contribution in [2.75, 3.05) is 13.6 Å². The largest absolute Gasteiger partial charge is 0.326 e. The molecule has 0 aliphatic heterocycles. The molecule has 0 atom stereocenters. The van der Waals surface area contributed by atoms with E-state index in [0.717, 1.165) is 31.0 Å². The Hall–Kier alpha value is -0.570. The van der Waals surface area contributed by atoms with Gasteiger partial charge in [-0.2, -0.15) is 0 Å². The molecule has 0 amide bonds. The molecule has 2 nitrogen and oxygen atoms in total. The topological polar surface area (TPSA) is 29.3 Å². The van der Waals surface area contributed by atoms with Crippen molar-refractivity contribution in [1.82, 2.24) is 4.90 Å². The van der Waals surface area contributed by atoms with Crippen LogP contribution in [0.25, 0.3) is 0 Å². The highest BCUT2D eigenvalue weighted by Crippen LogP contribution is 2.13. The number of hydrogen-bond acceptors (Lipinski definition) is 2. The summed E-state index contributed by atoms with van der Waals surface area (Å²) < 4.78 is 0. The van der Waals surface area contributed by atoms with Gasteiger partial charge < -0.3 is 10.6 Å². The van der Waals surface area contributed by atoms with Crippen LogP contribution in [0.2, 0.25) is 5.02 Å². The Kier molecular flexibility index (Phi) is 5.44. The summed E-state index contributed by atoms with van der Waals surface area (Å²) in [5.41, 5.74) is 7.16. The maximum absolute atomic E-state index is 5.96. The van der Waals surface area contributed by atoms with Crippen LogP contribution in [0.3, 0.4) is 0 Å². The lowest BCUT2D eigenvalue weighted by molar-refractivity contribution is 0.303. The molecule has 0 aliphatic carbocycles. The van der Waals surface area contributed by atoms with Gasteiger partial charge >= 0.3 is 0 Å². The maximum atomic E-state index is 5.96. The Morgan fingerprint density at radius 3 is 2.65 bits per heavy atom. The molecule has 3 heteroatoms. The van der Waals surface area contributed by atoms with Crippen molar-refractivity contribution in [3.63, 3.8) is 0 Å². The lowest BCUT2D eigenvalue weighted by atomic mass is 10.00. The Morgan fingerprint density at radius 2 is 2.06 bits per heavy atom. The summed E-state index contributed by atoms with van der Waals surface area (Å²) in [6.45, 7) is 6.15. The Bertz CT molecular complexity index is 344. The van der Waals surface area contributed by atoms with Crippen LogP contribution in [-0.2, 0) is 6.54 Å². The molecule has 1 aromatic carbocycles. The predicted octanol–water partition coefficient (Wildman–Crippen LogP) is 3.29. The minimum Gasteiger partial charge on any atom is -0.326 e. The SMILES string of the molecule is CN(CCCC(C)(C)N)Cc1cccc(Cl)c1. The van der Waals surface area contributed by atoms with Crippen molar-refractivity contribution in [1.29, 1.82) is 0 Å². The number of rotatable bonds is 6. The summed E-state index contributed by atoms with van der Waals surface area (Å²) in [5, 5.41) is 0.805. The second kappa shape index (κ2) is 6.39. The van der Waals surface area contributed by atoms with Gasteiger partial charge in [0.05, 0.1) is 0 Å². The number of nitrogens with zero attached hydrogens (tertiary/aromatic N) is 1. The fraction of sp³-hybridized carbons (Fsp3) is 0.571. The monoisotopic (exact) mass is 254 g/mol. The molecule has 0 saturated heterocycles. The van der Waals surface area contributed by atoms with Crippen LogP contribution >= 0.6 is 11.6 Å². The van der Waals surface area contributed by atoms with E-state index in [-0.39, 0.29) is 5.54 Å². The van der Waals surface area contributed by atoms with Crippen molar-refractivity contribution in [2.24, 2.45) is 5.73 Å². The van der Waals surface area contributed by atoms with Gasteiger partial charge in [-0.3, -0.25) is 0 Å². The van der Waals surface area contributed by atoms with Crippen molar-refractivity contribution >= 4 is 11.6 Å². The van der Waals surface area contributed by atoms with Crippen LogP contribution in [-0.4, -0.2) is 24.0 Å². The molecule has 0 aromatic heterocycles. The Morgan fingerprint density at radius 1 is 1.35 bits per heavy atom. The van der Waals surface area contributed by atoms with E-state index in [2.05, 4.69) is 31.9 Å². The van der Waals surface area contributed by atoms with Gasteiger partial charge in [0.1, 0.15) is 0 Å². The van der Waals surface area contributed by atoms with Crippen molar-refractivity contribution in [2.45, 2.75) is 38.8 Å². The van der Waals surface area contributed by atoms with E-state index in [1.807, 2.05) is 18.2 Å². The highest BCUT2D eigenvalue weighted by atomic mass is 35.5. The van der Waals surface area contributed by atoms with Crippen LogP contribution in [0.4, 0.5) is 0 Å². The van der Waals surface area contributed by atoms with Gasteiger partial charge in [-0.15, -0.1) is 0 Å². The zero-order chi connectivity index (χ0) is 12.9. The minimum absolute atomic E-state index is 0.0586. The fourth-order valence-corrected chi connectivity index (χ4v) is 2.04. The molecule has 0 aliphatic rings. The fourth-order valence-electron chi connectivity index (χ4n) is 1.83. The number of hydrogen-bond donors (Lipinski definition) is 1. The molecule has 2 N–H and O–H groups in total. The van der Waals surface area contributed by atoms with E-state index in [0.29, 0.717) is 0 Å². The number of benzene rings is 1. The summed E-state index contributed by atoms with van der Waals surface area (Å²) >= 11 is 5.96. The standard InChI is InChI=1S/C14H23ClN2/c1-14(2,16)8-5-9-17(3)11-12-6-4-7-13(15)10-12/h4,6-7,10H,5,8-9,11,16H2,1-3H3. The molecule has 0 heterocycles. The summed E-state index contributed by atoms with van der Waals surface area (Å²) in [6, 6.07) is 8.02. The average Bonchev–Trinajstić information content (AvgIpc) is 2.15. The average molecular weight is 255 g/mol. The number of halogens is 1. The predicted molar refractivity (Wildman–Crippen MR) is 75.3 cm³/mol. The van der Waals surface area contributed by atoms with E-state index in [9.17, 15) is 0 Å². The molecule has 0 unspecified atom stereocenters. The van der Waals surface area contributed by atoms with E-state index < -0.39 is 0 Å². The molecule has 17 heavy (non-hydrogen) atoms. The summed E-state index contributed by atoms with van der Waals surface area (Å²) in [5.74, 6) is 0. The Balaban J connectivity index is 2.32. The second-order valence-corrected chi connectivity index (χ2v) is 5.90. The zero-order valence-corrected chi connectivity index (χ0v) is 11.8. The van der Waals surface area contributed by atoms with Gasteiger partial charge in [-0.1, -0.05) is 23.7 Å². The molecule has 0 fully saturated rings. The van der Waals surface area contributed by atoms with Gasteiger partial charge in [0.25, 0.3) is 0 Å². The summed E-state index contributed by atoms with van der Waals surface area (Å²) in [4.78, 5) is 2.30. The highest BCUT2D eigenvalue weighted by molar-refractivity contribution is 6.30. The first-order valence-electron chi connectivity index (χ1n) is 6.09. The summed E-state index contributed by atoms with van der Waals surface area (Å²) in [6.07, 6.45) is 2.17. The lowest BCUT2D eigenvalue weighted by Gasteiger charge is -2.21. The van der Waals surface area contributed by atoms with Crippen molar-refractivity contribution in [3.05, 3.63) is 34.9 Å². The molecule has 96 valence electrons. The molecule has 0 spiro atoms. The Labute approximate surface area is 110 Å². The van der Waals surface area contributed by atoms with E-state index in [4.69, 9.17) is 17.3 Å². The molecule has 1 aromatic rings. The van der Waals surface area contributed by atoms with Crippen LogP contribution in [0.1, 0.15) is 32.3 Å². The van der Waals surface area contributed by atoms with Gasteiger partial charge in [0.15, 0.2) is 0 Å². The highest BCUT2D eigenvalue weighted by Gasteiger charge is 2.10. The van der Waals surface area contributed by atoms with Gasteiger partial charge in [-0.05, 0) is 58.0 Å². The maximum Gasteiger partial charge on any atom is 0.0409 e. The normalized spacial score (nSPS) is 12.1. The first-order chi connectivity index (χ1) is 7.87. The molecule has 1 rings (SSSR count). The lowest BCUT2D eigenvalue weighted by Crippen LogP contribution is -2.33. The third-order valence-electron chi connectivity index (χ3n) is 2.70. The second-order valence-electron chi connectivity index (χ2n) is 5.46. The van der Waals surface area contributed by atoms with E-state index in [1.54, 1.807) is 0 Å². The van der Waals surface area contributed by atoms with Gasteiger partial charge in [0.2, 0.25) is 0 Å². The van der Waals surface area contributed by atoms with Crippen LogP contribution in [0, 0.1) is 0 Å². The molecule has 0 saturated carbocycles. The van der Waals surface area contributed by atoms with Crippen LogP contribution in [0.5, 0.6) is 0 Å². The first-order valence-corrected chi connectivity index (χ1v) is 6.46. The molecular weight excluding hydrogens is 232 g/mol. The first kappa shape index (κ1) is 14.5. The molecule has 0 radical (unpaired) electrons. The minimum atomic E-state index is -0.0586. The van der Waals surface area contributed by atoms with Crippen LogP contribution in [0.15, 0.2) is 24.3 Å².